The molecule has 1 aromatic heterocycles. The van der Waals surface area contributed by atoms with Crippen molar-refractivity contribution in [2.45, 2.75) is 6.92 Å². The fourth-order valence-electron chi connectivity index (χ4n) is 1.62. The predicted molar refractivity (Wildman–Crippen MR) is 71.1 cm³/mol. The van der Waals surface area contributed by atoms with E-state index in [1.807, 2.05) is 0 Å². The lowest BCUT2D eigenvalue weighted by atomic mass is 10.1. The molecular weight excluding hydrogens is 262 g/mol. The molecule has 6 nitrogen and oxygen atoms in total. The van der Waals surface area contributed by atoms with E-state index in [0.29, 0.717) is 11.3 Å². The highest BCUT2D eigenvalue weighted by molar-refractivity contribution is 6.04. The highest BCUT2D eigenvalue weighted by Gasteiger charge is 2.11. The van der Waals surface area contributed by atoms with Crippen LogP contribution in [0.5, 0.6) is 0 Å². The van der Waals surface area contributed by atoms with E-state index in [1.165, 1.54) is 12.1 Å². The number of hydrogen-bond acceptors (Lipinski definition) is 4. The molecule has 0 saturated carbocycles. The molecule has 1 amide bonds. The number of carboxylic acids is 1. The molecule has 0 unspecified atom stereocenters. The van der Waals surface area contributed by atoms with Crippen molar-refractivity contribution in [3.8, 4) is 0 Å². The van der Waals surface area contributed by atoms with Crippen molar-refractivity contribution >= 4 is 17.6 Å². The first-order valence-corrected chi connectivity index (χ1v) is 5.71. The molecule has 0 spiro atoms. The van der Waals surface area contributed by atoms with E-state index in [1.54, 1.807) is 19.1 Å². The number of carbonyl (C=O) groups is 2. The molecule has 0 fully saturated rings. The SMILES string of the molecule is Cc1ccc(NC(=O)c2ccc(=O)oc2)cc1C(=O)O. The molecule has 0 atom stereocenters. The van der Waals surface area contributed by atoms with Crippen molar-refractivity contribution in [2.75, 3.05) is 5.32 Å². The fourth-order valence-corrected chi connectivity index (χ4v) is 1.62. The van der Waals surface area contributed by atoms with Crippen LogP contribution in [0.25, 0.3) is 0 Å². The van der Waals surface area contributed by atoms with E-state index in [4.69, 9.17) is 5.11 Å². The van der Waals surface area contributed by atoms with Crippen molar-refractivity contribution < 1.29 is 19.1 Å². The zero-order valence-electron chi connectivity index (χ0n) is 10.5. The maximum absolute atomic E-state index is 11.9. The van der Waals surface area contributed by atoms with E-state index < -0.39 is 17.5 Å². The first kappa shape index (κ1) is 13.5. The van der Waals surface area contributed by atoms with E-state index in [9.17, 15) is 14.4 Å². The van der Waals surface area contributed by atoms with E-state index >= 15 is 0 Å². The number of rotatable bonds is 3. The van der Waals surface area contributed by atoms with Gasteiger partial charge in [-0.05, 0) is 30.7 Å². The molecule has 0 bridgehead atoms. The van der Waals surface area contributed by atoms with Crippen LogP contribution < -0.4 is 10.9 Å². The molecule has 102 valence electrons. The number of aromatic carboxylic acids is 1. The average molecular weight is 273 g/mol. The number of benzene rings is 1. The van der Waals surface area contributed by atoms with Gasteiger partial charge in [-0.1, -0.05) is 6.07 Å². The molecule has 0 aliphatic carbocycles. The Kier molecular flexibility index (Phi) is 3.65. The van der Waals surface area contributed by atoms with E-state index in [0.717, 1.165) is 12.3 Å². The van der Waals surface area contributed by atoms with Crippen LogP contribution in [-0.2, 0) is 0 Å². The number of nitrogens with one attached hydrogen (secondary N) is 1. The second-order valence-electron chi connectivity index (χ2n) is 4.13. The Hall–Kier alpha value is -2.89. The van der Waals surface area contributed by atoms with Gasteiger partial charge in [0, 0.05) is 11.8 Å². The third kappa shape index (κ3) is 2.92. The van der Waals surface area contributed by atoms with Crippen LogP contribution >= 0.6 is 0 Å². The highest BCUT2D eigenvalue weighted by atomic mass is 16.4. The zero-order chi connectivity index (χ0) is 14.7. The van der Waals surface area contributed by atoms with Crippen LogP contribution in [0.1, 0.15) is 26.3 Å². The summed E-state index contributed by atoms with van der Waals surface area (Å²) >= 11 is 0. The summed E-state index contributed by atoms with van der Waals surface area (Å²) in [5.41, 5.74) is 0.680. The minimum atomic E-state index is -1.07. The zero-order valence-corrected chi connectivity index (χ0v) is 10.5. The second-order valence-corrected chi connectivity index (χ2v) is 4.13. The first-order chi connectivity index (χ1) is 9.47. The normalized spacial score (nSPS) is 10.1. The molecule has 1 heterocycles. The lowest BCUT2D eigenvalue weighted by Crippen LogP contribution is -2.13. The number of amides is 1. The van der Waals surface area contributed by atoms with Gasteiger partial charge >= 0.3 is 11.6 Å². The molecule has 2 rings (SSSR count). The molecular formula is C14H11NO5. The van der Waals surface area contributed by atoms with Gasteiger partial charge in [-0.3, -0.25) is 4.79 Å². The Labute approximate surface area is 113 Å². The molecule has 2 aromatic rings. The van der Waals surface area contributed by atoms with Crippen LogP contribution in [0.4, 0.5) is 5.69 Å². The van der Waals surface area contributed by atoms with Gasteiger partial charge in [-0.15, -0.1) is 0 Å². The topological polar surface area (TPSA) is 96.6 Å². The largest absolute Gasteiger partial charge is 0.478 e. The van der Waals surface area contributed by atoms with Crippen molar-refractivity contribution in [2.24, 2.45) is 0 Å². The number of hydrogen-bond donors (Lipinski definition) is 2. The monoisotopic (exact) mass is 273 g/mol. The van der Waals surface area contributed by atoms with Gasteiger partial charge in [0.05, 0.1) is 11.1 Å². The number of aryl methyl sites for hydroxylation is 1. The Morgan fingerprint density at radius 1 is 1.20 bits per heavy atom. The van der Waals surface area contributed by atoms with Gasteiger partial charge in [0.1, 0.15) is 6.26 Å². The van der Waals surface area contributed by atoms with Gasteiger partial charge in [-0.25, -0.2) is 9.59 Å². The molecule has 2 N–H and O–H groups in total. The summed E-state index contributed by atoms with van der Waals surface area (Å²) in [4.78, 5) is 33.7. The summed E-state index contributed by atoms with van der Waals surface area (Å²) in [6.07, 6.45) is 1.05. The van der Waals surface area contributed by atoms with Gasteiger partial charge in [-0.2, -0.15) is 0 Å². The van der Waals surface area contributed by atoms with Crippen LogP contribution in [0.3, 0.4) is 0 Å². The minimum Gasteiger partial charge on any atom is -0.478 e. The summed E-state index contributed by atoms with van der Waals surface area (Å²) in [5.74, 6) is -1.56. The van der Waals surface area contributed by atoms with Gasteiger partial charge in [0.25, 0.3) is 5.91 Å². The van der Waals surface area contributed by atoms with Crippen LogP contribution in [0, 0.1) is 6.92 Å². The summed E-state index contributed by atoms with van der Waals surface area (Å²) in [6.45, 7) is 1.67. The van der Waals surface area contributed by atoms with Gasteiger partial charge in [0.15, 0.2) is 0 Å². The fraction of sp³-hybridized carbons (Fsp3) is 0.0714. The summed E-state index contributed by atoms with van der Waals surface area (Å²) in [6, 6.07) is 7.03. The van der Waals surface area contributed by atoms with Gasteiger partial charge < -0.3 is 14.8 Å². The molecule has 0 aliphatic heterocycles. The number of carbonyl (C=O) groups excluding carboxylic acids is 1. The summed E-state index contributed by atoms with van der Waals surface area (Å²) in [7, 11) is 0. The third-order valence-corrected chi connectivity index (χ3v) is 2.69. The third-order valence-electron chi connectivity index (χ3n) is 2.69. The van der Waals surface area contributed by atoms with Crippen molar-refractivity contribution in [1.29, 1.82) is 0 Å². The molecule has 0 radical (unpaired) electrons. The molecule has 20 heavy (non-hydrogen) atoms. The Bertz CT molecular complexity index is 712. The van der Waals surface area contributed by atoms with Crippen LogP contribution in [0.15, 0.2) is 45.8 Å². The highest BCUT2D eigenvalue weighted by Crippen LogP contribution is 2.16. The predicted octanol–water partition coefficient (Wildman–Crippen LogP) is 1.90. The molecule has 6 heteroatoms. The Balaban J connectivity index is 2.24. The Morgan fingerprint density at radius 2 is 1.95 bits per heavy atom. The first-order valence-electron chi connectivity index (χ1n) is 5.71. The smallest absolute Gasteiger partial charge is 0.336 e. The summed E-state index contributed by atoms with van der Waals surface area (Å²) in [5, 5.41) is 11.5. The Morgan fingerprint density at radius 3 is 2.55 bits per heavy atom. The lowest BCUT2D eigenvalue weighted by molar-refractivity contribution is 0.0695. The number of carboxylic acid groups (broad SMARTS) is 1. The van der Waals surface area contributed by atoms with Crippen molar-refractivity contribution in [1.82, 2.24) is 0 Å². The maximum Gasteiger partial charge on any atom is 0.336 e. The van der Waals surface area contributed by atoms with E-state index in [2.05, 4.69) is 9.73 Å². The quantitative estimate of drug-likeness (QED) is 0.890. The van der Waals surface area contributed by atoms with Gasteiger partial charge in [0.2, 0.25) is 0 Å². The maximum atomic E-state index is 11.9. The van der Waals surface area contributed by atoms with E-state index in [-0.39, 0.29) is 11.1 Å². The standard InChI is InChI=1S/C14H11NO5/c1-8-2-4-10(6-11(8)14(18)19)15-13(17)9-3-5-12(16)20-7-9/h2-7H,1H3,(H,15,17)(H,18,19). The lowest BCUT2D eigenvalue weighted by Gasteiger charge is -2.07. The minimum absolute atomic E-state index is 0.113. The molecule has 0 saturated heterocycles. The van der Waals surface area contributed by atoms with Crippen molar-refractivity contribution in [3.63, 3.8) is 0 Å². The summed E-state index contributed by atoms with van der Waals surface area (Å²) < 4.78 is 4.59. The molecule has 0 aliphatic rings. The van der Waals surface area contributed by atoms with Crippen LogP contribution in [0.2, 0.25) is 0 Å². The second kappa shape index (κ2) is 5.40. The molecule has 1 aromatic carbocycles. The average Bonchev–Trinajstić information content (AvgIpc) is 2.41. The van der Waals surface area contributed by atoms with Crippen molar-refractivity contribution in [3.05, 3.63) is 63.7 Å². The number of anilines is 1. The van der Waals surface area contributed by atoms with Crippen LogP contribution in [-0.4, -0.2) is 17.0 Å².